The first kappa shape index (κ1) is 19.2. The molecule has 150 valence electrons. The number of ether oxygens (including phenoxy) is 1. The molecule has 1 aromatic heterocycles. The van der Waals surface area contributed by atoms with E-state index in [2.05, 4.69) is 64.3 Å². The zero-order valence-corrected chi connectivity index (χ0v) is 17.2. The smallest absolute Gasteiger partial charge is 0.128 e. The highest BCUT2D eigenvalue weighted by molar-refractivity contribution is 5.42. The maximum absolute atomic E-state index is 5.94. The highest BCUT2D eigenvalue weighted by atomic mass is 16.5. The first-order valence-corrected chi connectivity index (χ1v) is 10.6. The zero-order chi connectivity index (χ0) is 19.3. The van der Waals surface area contributed by atoms with Crippen molar-refractivity contribution in [1.29, 1.82) is 0 Å². The van der Waals surface area contributed by atoms with Crippen LogP contribution in [-0.4, -0.2) is 49.2 Å². The minimum absolute atomic E-state index is 0.335. The summed E-state index contributed by atoms with van der Waals surface area (Å²) in [6.07, 6.45) is 4.13. The maximum atomic E-state index is 5.94. The molecule has 2 aliphatic rings. The van der Waals surface area contributed by atoms with Crippen molar-refractivity contribution < 1.29 is 4.74 Å². The summed E-state index contributed by atoms with van der Waals surface area (Å²) in [6, 6.07) is 11.2. The molecule has 0 radical (unpaired) electrons. The summed E-state index contributed by atoms with van der Waals surface area (Å²) in [4.78, 5) is 9.54. The third-order valence-electron chi connectivity index (χ3n) is 5.94. The van der Waals surface area contributed by atoms with Crippen LogP contribution in [0.3, 0.4) is 0 Å². The van der Waals surface area contributed by atoms with Gasteiger partial charge in [-0.15, -0.1) is 0 Å². The van der Waals surface area contributed by atoms with Crippen molar-refractivity contribution in [3.63, 3.8) is 0 Å². The third kappa shape index (κ3) is 4.47. The van der Waals surface area contributed by atoms with Gasteiger partial charge >= 0.3 is 0 Å². The molecule has 1 N–H and O–H groups in total. The molecule has 1 aromatic carbocycles. The number of pyridine rings is 1. The zero-order valence-electron chi connectivity index (χ0n) is 17.2. The van der Waals surface area contributed by atoms with E-state index in [0.29, 0.717) is 6.04 Å². The normalized spacial score (nSPS) is 20.4. The topological polar surface area (TPSA) is 40.6 Å². The fourth-order valence-corrected chi connectivity index (χ4v) is 4.19. The number of likely N-dealkylation sites (N-methyl/N-ethyl adjacent to an activating group) is 1. The van der Waals surface area contributed by atoms with Gasteiger partial charge in [0.15, 0.2) is 0 Å². The highest BCUT2D eigenvalue weighted by Gasteiger charge is 2.20. The summed E-state index contributed by atoms with van der Waals surface area (Å²) in [5, 5.41) is 3.77. The number of nitrogens with zero attached hydrogens (tertiary/aromatic N) is 3. The van der Waals surface area contributed by atoms with Crippen LogP contribution in [0.5, 0.6) is 5.75 Å². The standard InChI is InChI=1S/C23H32N4O/c1-3-26-10-12-27(13-11-26)23-16-19(8-9-24-23)17-25-21-5-4-14-28-22-7-6-18(2)15-20(21)22/h6-9,15-16,21,25H,3-5,10-14,17H2,1-2H3/t21-/m0/s1. The lowest BCUT2D eigenvalue weighted by Crippen LogP contribution is -2.46. The second-order valence-electron chi connectivity index (χ2n) is 7.91. The molecule has 5 nitrogen and oxygen atoms in total. The number of aryl methyl sites for hydroxylation is 1. The molecule has 0 amide bonds. The minimum atomic E-state index is 0.335. The first-order valence-electron chi connectivity index (χ1n) is 10.6. The number of benzene rings is 1. The Morgan fingerprint density at radius 2 is 2.00 bits per heavy atom. The number of piperazine rings is 1. The Labute approximate surface area is 168 Å². The molecule has 0 unspecified atom stereocenters. The summed E-state index contributed by atoms with van der Waals surface area (Å²) in [7, 11) is 0. The second-order valence-corrected chi connectivity index (χ2v) is 7.91. The van der Waals surface area contributed by atoms with Gasteiger partial charge in [0.25, 0.3) is 0 Å². The largest absolute Gasteiger partial charge is 0.493 e. The predicted octanol–water partition coefficient (Wildman–Crippen LogP) is 3.54. The van der Waals surface area contributed by atoms with Crippen LogP contribution in [0, 0.1) is 6.92 Å². The van der Waals surface area contributed by atoms with Crippen molar-refractivity contribution in [3.8, 4) is 5.75 Å². The van der Waals surface area contributed by atoms with Gasteiger partial charge in [0.1, 0.15) is 11.6 Å². The Morgan fingerprint density at radius 1 is 1.14 bits per heavy atom. The van der Waals surface area contributed by atoms with Gasteiger partial charge in [-0.05, 0) is 50.1 Å². The van der Waals surface area contributed by atoms with Crippen LogP contribution in [0.2, 0.25) is 0 Å². The first-order chi connectivity index (χ1) is 13.7. The monoisotopic (exact) mass is 380 g/mol. The average Bonchev–Trinajstić information content (AvgIpc) is 2.94. The number of rotatable bonds is 5. The Hall–Kier alpha value is -2.11. The van der Waals surface area contributed by atoms with Crippen LogP contribution in [0.25, 0.3) is 0 Å². The van der Waals surface area contributed by atoms with E-state index in [9.17, 15) is 0 Å². The van der Waals surface area contributed by atoms with E-state index < -0.39 is 0 Å². The SMILES string of the molecule is CCN1CCN(c2cc(CN[C@H]3CCCOc4ccc(C)cc43)ccn2)CC1. The Morgan fingerprint density at radius 3 is 2.82 bits per heavy atom. The molecule has 0 spiro atoms. The lowest BCUT2D eigenvalue weighted by Gasteiger charge is -2.34. The van der Waals surface area contributed by atoms with Crippen LogP contribution in [-0.2, 0) is 6.54 Å². The molecule has 0 aliphatic carbocycles. The van der Waals surface area contributed by atoms with Crippen molar-refractivity contribution in [2.75, 3.05) is 44.2 Å². The minimum Gasteiger partial charge on any atom is -0.493 e. The molecule has 5 heteroatoms. The summed E-state index contributed by atoms with van der Waals surface area (Å²) in [5.41, 5.74) is 3.87. The molecule has 1 atom stereocenters. The molecule has 2 aromatic rings. The predicted molar refractivity (Wildman–Crippen MR) is 114 cm³/mol. The van der Waals surface area contributed by atoms with Gasteiger partial charge in [0.2, 0.25) is 0 Å². The third-order valence-corrected chi connectivity index (χ3v) is 5.94. The Bertz CT molecular complexity index is 786. The molecular weight excluding hydrogens is 348 g/mol. The number of aromatic nitrogens is 1. The van der Waals surface area contributed by atoms with Gasteiger partial charge < -0.3 is 19.9 Å². The van der Waals surface area contributed by atoms with Crippen LogP contribution in [0.1, 0.15) is 42.5 Å². The lowest BCUT2D eigenvalue weighted by atomic mass is 10.00. The molecule has 2 aliphatic heterocycles. The fraction of sp³-hybridized carbons (Fsp3) is 0.522. The Kier molecular flexibility index (Phi) is 6.13. The number of nitrogens with one attached hydrogen (secondary N) is 1. The molecule has 1 fully saturated rings. The van der Waals surface area contributed by atoms with Gasteiger partial charge in [0, 0.05) is 50.5 Å². The van der Waals surface area contributed by atoms with Crippen molar-refractivity contribution in [2.45, 2.75) is 39.3 Å². The van der Waals surface area contributed by atoms with E-state index in [0.717, 1.165) is 70.3 Å². The second kappa shape index (κ2) is 8.93. The van der Waals surface area contributed by atoms with Gasteiger partial charge in [-0.1, -0.05) is 24.6 Å². The summed E-state index contributed by atoms with van der Waals surface area (Å²) < 4.78 is 5.94. The van der Waals surface area contributed by atoms with E-state index in [1.54, 1.807) is 0 Å². The van der Waals surface area contributed by atoms with Crippen molar-refractivity contribution >= 4 is 5.82 Å². The molecule has 28 heavy (non-hydrogen) atoms. The fourth-order valence-electron chi connectivity index (χ4n) is 4.19. The van der Waals surface area contributed by atoms with Crippen molar-refractivity contribution in [3.05, 3.63) is 53.2 Å². The molecule has 0 bridgehead atoms. The van der Waals surface area contributed by atoms with E-state index >= 15 is 0 Å². The van der Waals surface area contributed by atoms with Crippen LogP contribution < -0.4 is 15.0 Å². The average molecular weight is 381 g/mol. The van der Waals surface area contributed by atoms with Crippen LogP contribution in [0.15, 0.2) is 36.5 Å². The van der Waals surface area contributed by atoms with Gasteiger partial charge in [-0.25, -0.2) is 4.98 Å². The van der Waals surface area contributed by atoms with Gasteiger partial charge in [-0.3, -0.25) is 0 Å². The van der Waals surface area contributed by atoms with Crippen LogP contribution >= 0.6 is 0 Å². The number of anilines is 1. The van der Waals surface area contributed by atoms with E-state index in [1.807, 2.05) is 6.20 Å². The number of hydrogen-bond donors (Lipinski definition) is 1. The lowest BCUT2D eigenvalue weighted by molar-refractivity contribution is 0.270. The van der Waals surface area contributed by atoms with Gasteiger partial charge in [0.05, 0.1) is 6.61 Å². The van der Waals surface area contributed by atoms with E-state index in [1.165, 1.54) is 16.7 Å². The molecule has 0 saturated carbocycles. The van der Waals surface area contributed by atoms with Crippen molar-refractivity contribution in [2.24, 2.45) is 0 Å². The van der Waals surface area contributed by atoms with E-state index in [-0.39, 0.29) is 0 Å². The van der Waals surface area contributed by atoms with Gasteiger partial charge in [-0.2, -0.15) is 0 Å². The number of hydrogen-bond acceptors (Lipinski definition) is 5. The summed E-state index contributed by atoms with van der Waals surface area (Å²) in [5.74, 6) is 2.14. The van der Waals surface area contributed by atoms with Crippen molar-refractivity contribution in [1.82, 2.24) is 15.2 Å². The van der Waals surface area contributed by atoms with Crippen LogP contribution in [0.4, 0.5) is 5.82 Å². The molecule has 3 heterocycles. The molecule has 4 rings (SSSR count). The maximum Gasteiger partial charge on any atom is 0.128 e. The van der Waals surface area contributed by atoms with E-state index in [4.69, 9.17) is 4.74 Å². The Balaban J connectivity index is 1.42. The quantitative estimate of drug-likeness (QED) is 0.859. The molecule has 1 saturated heterocycles. The molecular formula is C23H32N4O. The summed E-state index contributed by atoms with van der Waals surface area (Å²) >= 11 is 0. The summed E-state index contributed by atoms with van der Waals surface area (Å²) in [6.45, 7) is 11.5. The highest BCUT2D eigenvalue weighted by Crippen LogP contribution is 2.32. The number of fused-ring (bicyclic) bond motifs is 1.